The predicted molar refractivity (Wildman–Crippen MR) is 225 cm³/mol. The SMILES string of the molecule is CCc1nc2ccccc2n1-c1ccc(-c2c3ccccc3c(-c3cccc4c(-c5ccccc5)cccc34)c3ccc(-c4ccccc4)cc23)cc1. The molecule has 0 aliphatic carbocycles. The second-order valence-corrected chi connectivity index (χ2v) is 13.7. The second-order valence-electron chi connectivity index (χ2n) is 13.7. The molecule has 250 valence electrons. The van der Waals surface area contributed by atoms with Crippen molar-refractivity contribution in [2.24, 2.45) is 0 Å². The van der Waals surface area contributed by atoms with E-state index in [1.54, 1.807) is 0 Å². The number of fused-ring (bicyclic) bond motifs is 4. The summed E-state index contributed by atoms with van der Waals surface area (Å²) in [5.74, 6) is 1.07. The third kappa shape index (κ3) is 5.14. The maximum Gasteiger partial charge on any atom is 0.114 e. The maximum atomic E-state index is 4.95. The lowest BCUT2D eigenvalue weighted by Crippen LogP contribution is -2.00. The molecule has 0 fully saturated rings. The van der Waals surface area contributed by atoms with Gasteiger partial charge in [0.1, 0.15) is 5.82 Å². The van der Waals surface area contributed by atoms with Crippen LogP contribution in [0.1, 0.15) is 12.7 Å². The highest BCUT2D eigenvalue weighted by Crippen LogP contribution is 2.47. The van der Waals surface area contributed by atoms with E-state index in [2.05, 4.69) is 200 Å². The number of para-hydroxylation sites is 2. The fraction of sp³-hybridized carbons (Fsp3) is 0.0392. The van der Waals surface area contributed by atoms with Crippen LogP contribution in [-0.2, 0) is 6.42 Å². The maximum absolute atomic E-state index is 4.95. The van der Waals surface area contributed by atoms with E-state index in [1.807, 2.05) is 0 Å². The first-order chi connectivity index (χ1) is 26.3. The second kappa shape index (κ2) is 12.8. The summed E-state index contributed by atoms with van der Waals surface area (Å²) in [4.78, 5) is 4.95. The van der Waals surface area contributed by atoms with Crippen LogP contribution in [0.2, 0.25) is 0 Å². The van der Waals surface area contributed by atoms with Gasteiger partial charge in [-0.25, -0.2) is 4.98 Å². The van der Waals surface area contributed by atoms with Gasteiger partial charge in [0.15, 0.2) is 0 Å². The van der Waals surface area contributed by atoms with Gasteiger partial charge in [0.25, 0.3) is 0 Å². The molecule has 0 unspecified atom stereocenters. The number of aryl methyl sites for hydroxylation is 1. The Bertz CT molecular complexity index is 2960. The predicted octanol–water partition coefficient (Wildman–Crippen LogP) is 13.7. The molecule has 9 aromatic carbocycles. The number of hydrogen-bond acceptors (Lipinski definition) is 1. The van der Waals surface area contributed by atoms with Crippen molar-refractivity contribution in [1.82, 2.24) is 9.55 Å². The van der Waals surface area contributed by atoms with Crippen molar-refractivity contribution in [3.63, 3.8) is 0 Å². The van der Waals surface area contributed by atoms with E-state index in [9.17, 15) is 0 Å². The summed E-state index contributed by atoms with van der Waals surface area (Å²) in [5.41, 5.74) is 13.1. The highest BCUT2D eigenvalue weighted by atomic mass is 15.1. The first-order valence-electron chi connectivity index (χ1n) is 18.5. The van der Waals surface area contributed by atoms with Gasteiger partial charge in [0.05, 0.1) is 11.0 Å². The average Bonchev–Trinajstić information content (AvgIpc) is 3.62. The first-order valence-corrected chi connectivity index (χ1v) is 18.5. The number of nitrogens with zero attached hydrogens (tertiary/aromatic N) is 2. The lowest BCUT2D eigenvalue weighted by molar-refractivity contribution is 0.908. The third-order valence-electron chi connectivity index (χ3n) is 10.8. The fourth-order valence-corrected chi connectivity index (χ4v) is 8.37. The molecule has 10 rings (SSSR count). The van der Waals surface area contributed by atoms with Gasteiger partial charge < -0.3 is 0 Å². The van der Waals surface area contributed by atoms with E-state index in [-0.39, 0.29) is 0 Å². The van der Waals surface area contributed by atoms with Crippen LogP contribution in [0, 0.1) is 0 Å². The van der Waals surface area contributed by atoms with Crippen LogP contribution in [0.15, 0.2) is 188 Å². The molecule has 0 aliphatic heterocycles. The van der Waals surface area contributed by atoms with Crippen molar-refractivity contribution < 1.29 is 0 Å². The Morgan fingerprint density at radius 3 is 1.70 bits per heavy atom. The van der Waals surface area contributed by atoms with E-state index in [0.717, 1.165) is 29.0 Å². The van der Waals surface area contributed by atoms with Gasteiger partial charge in [0, 0.05) is 12.1 Å². The van der Waals surface area contributed by atoms with Crippen molar-refractivity contribution in [3.8, 4) is 50.2 Å². The summed E-state index contributed by atoms with van der Waals surface area (Å²) < 4.78 is 2.30. The Morgan fingerprint density at radius 2 is 0.962 bits per heavy atom. The van der Waals surface area contributed by atoms with Crippen molar-refractivity contribution in [2.75, 3.05) is 0 Å². The Hall–Kier alpha value is -6.77. The lowest BCUT2D eigenvalue weighted by atomic mass is 9.83. The van der Waals surface area contributed by atoms with E-state index in [1.165, 1.54) is 76.8 Å². The van der Waals surface area contributed by atoms with Gasteiger partial charge in [-0.3, -0.25) is 4.57 Å². The number of rotatable bonds is 6. The van der Waals surface area contributed by atoms with Crippen LogP contribution < -0.4 is 0 Å². The Labute approximate surface area is 309 Å². The standard InChI is InChI=1S/C51H36N2/c1-2-49-52-47-25-11-12-26-48(47)53(49)38-30-27-36(28-31-38)50-43-19-9-10-20-44(43)51(45-32-29-37(33-46(45)50)34-15-5-3-6-16-34)42-24-14-22-40-39(21-13-23-41(40)42)35-17-7-4-8-18-35/h3-33H,2H2,1H3. The van der Waals surface area contributed by atoms with E-state index < -0.39 is 0 Å². The fourth-order valence-electron chi connectivity index (χ4n) is 8.37. The number of hydrogen-bond donors (Lipinski definition) is 0. The van der Waals surface area contributed by atoms with E-state index >= 15 is 0 Å². The highest BCUT2D eigenvalue weighted by Gasteiger charge is 2.20. The minimum absolute atomic E-state index is 0.858. The van der Waals surface area contributed by atoms with Crippen LogP contribution in [0.3, 0.4) is 0 Å². The number of benzene rings is 9. The Morgan fingerprint density at radius 1 is 0.396 bits per heavy atom. The minimum Gasteiger partial charge on any atom is -0.296 e. The van der Waals surface area contributed by atoms with Crippen LogP contribution in [-0.4, -0.2) is 9.55 Å². The first kappa shape index (κ1) is 31.0. The summed E-state index contributed by atoms with van der Waals surface area (Å²) in [6.07, 6.45) is 0.858. The van der Waals surface area contributed by atoms with Crippen molar-refractivity contribution in [2.45, 2.75) is 13.3 Å². The quantitative estimate of drug-likeness (QED) is 0.160. The average molecular weight is 677 g/mol. The molecule has 0 aliphatic rings. The van der Waals surface area contributed by atoms with Crippen molar-refractivity contribution in [3.05, 3.63) is 194 Å². The molecule has 2 heteroatoms. The summed E-state index contributed by atoms with van der Waals surface area (Å²) in [7, 11) is 0. The van der Waals surface area contributed by atoms with Gasteiger partial charge in [-0.1, -0.05) is 165 Å². The molecule has 1 heterocycles. The molecule has 0 atom stereocenters. The van der Waals surface area contributed by atoms with Gasteiger partial charge in [-0.15, -0.1) is 0 Å². The molecule has 0 spiro atoms. The molecule has 2 nitrogen and oxygen atoms in total. The molecule has 1 aromatic heterocycles. The zero-order valence-electron chi connectivity index (χ0n) is 29.5. The van der Waals surface area contributed by atoms with Gasteiger partial charge in [-0.2, -0.15) is 0 Å². The molecular formula is C51H36N2. The largest absolute Gasteiger partial charge is 0.296 e. The van der Waals surface area contributed by atoms with Gasteiger partial charge >= 0.3 is 0 Å². The molecule has 0 radical (unpaired) electrons. The summed E-state index contributed by atoms with van der Waals surface area (Å²) >= 11 is 0. The monoisotopic (exact) mass is 676 g/mol. The van der Waals surface area contributed by atoms with Crippen molar-refractivity contribution >= 4 is 43.4 Å². The smallest absolute Gasteiger partial charge is 0.114 e. The molecular weight excluding hydrogens is 641 g/mol. The zero-order valence-corrected chi connectivity index (χ0v) is 29.5. The molecule has 0 N–H and O–H groups in total. The van der Waals surface area contributed by atoms with Gasteiger partial charge in [-0.05, 0) is 107 Å². The molecule has 53 heavy (non-hydrogen) atoms. The molecule has 0 saturated carbocycles. The zero-order chi connectivity index (χ0) is 35.3. The number of aromatic nitrogens is 2. The van der Waals surface area contributed by atoms with Crippen LogP contribution in [0.25, 0.3) is 93.5 Å². The topological polar surface area (TPSA) is 17.8 Å². The Kier molecular flexibility index (Phi) is 7.47. The highest BCUT2D eigenvalue weighted by molar-refractivity contribution is 6.24. The van der Waals surface area contributed by atoms with E-state index in [0.29, 0.717) is 0 Å². The van der Waals surface area contributed by atoms with Crippen LogP contribution in [0.4, 0.5) is 0 Å². The normalized spacial score (nSPS) is 11.6. The van der Waals surface area contributed by atoms with Crippen LogP contribution >= 0.6 is 0 Å². The minimum atomic E-state index is 0.858. The molecule has 10 aromatic rings. The summed E-state index contributed by atoms with van der Waals surface area (Å²) in [6, 6.07) is 68.5. The molecule has 0 bridgehead atoms. The number of imidazole rings is 1. The Balaban J connectivity index is 1.25. The molecule has 0 saturated heterocycles. The summed E-state index contributed by atoms with van der Waals surface area (Å²) in [6.45, 7) is 2.18. The van der Waals surface area contributed by atoms with E-state index in [4.69, 9.17) is 4.98 Å². The molecule has 0 amide bonds. The lowest BCUT2D eigenvalue weighted by Gasteiger charge is -2.20. The third-order valence-corrected chi connectivity index (χ3v) is 10.8. The van der Waals surface area contributed by atoms with Crippen LogP contribution in [0.5, 0.6) is 0 Å². The summed E-state index contributed by atoms with van der Waals surface area (Å²) in [5, 5.41) is 7.49. The van der Waals surface area contributed by atoms with Crippen molar-refractivity contribution in [1.29, 1.82) is 0 Å². The van der Waals surface area contributed by atoms with Gasteiger partial charge in [0.2, 0.25) is 0 Å².